The van der Waals surface area contributed by atoms with Crippen LogP contribution >= 0.6 is 0 Å². The highest BCUT2D eigenvalue weighted by molar-refractivity contribution is 5.85. The lowest BCUT2D eigenvalue weighted by Crippen LogP contribution is -2.52. The Labute approximate surface area is 107 Å². The molecule has 1 unspecified atom stereocenters. The Morgan fingerprint density at radius 2 is 2.28 bits per heavy atom. The number of ether oxygens (including phenoxy) is 1. The summed E-state index contributed by atoms with van der Waals surface area (Å²) in [7, 11) is 0. The number of hydrogen-bond donors (Lipinski definition) is 1. The Morgan fingerprint density at radius 1 is 1.44 bits per heavy atom. The highest BCUT2D eigenvalue weighted by Crippen LogP contribution is 2.34. The molecular formula is C14H18N2O2. The fraction of sp³-hybridized carbons (Fsp3) is 0.500. The minimum Gasteiger partial charge on any atom is -0.492 e. The molecule has 3 rings (SSSR count). The van der Waals surface area contributed by atoms with Gasteiger partial charge >= 0.3 is 0 Å². The van der Waals surface area contributed by atoms with Gasteiger partial charge in [-0.15, -0.1) is 0 Å². The molecule has 2 aliphatic rings. The Bertz CT molecular complexity index is 461. The Balaban J connectivity index is 1.78. The van der Waals surface area contributed by atoms with Crippen LogP contribution in [0.4, 0.5) is 0 Å². The molecule has 1 N–H and O–H groups in total. The van der Waals surface area contributed by atoms with Crippen molar-refractivity contribution in [1.29, 1.82) is 0 Å². The van der Waals surface area contributed by atoms with Crippen LogP contribution in [0.3, 0.4) is 0 Å². The Hall–Kier alpha value is -1.55. The van der Waals surface area contributed by atoms with E-state index in [0.717, 1.165) is 30.9 Å². The molecule has 4 heteroatoms. The molecule has 1 amide bonds. The van der Waals surface area contributed by atoms with Crippen molar-refractivity contribution in [2.45, 2.75) is 18.9 Å². The maximum atomic E-state index is 12.5. The van der Waals surface area contributed by atoms with E-state index in [2.05, 4.69) is 12.2 Å². The Morgan fingerprint density at radius 3 is 3.11 bits per heavy atom. The first kappa shape index (κ1) is 11.5. The number of piperazine rings is 1. The zero-order valence-electron chi connectivity index (χ0n) is 10.6. The van der Waals surface area contributed by atoms with Crippen LogP contribution in [0.5, 0.6) is 5.75 Å². The summed E-state index contributed by atoms with van der Waals surface area (Å²) in [4.78, 5) is 14.5. The normalized spacial score (nSPS) is 26.6. The predicted molar refractivity (Wildman–Crippen MR) is 68.7 cm³/mol. The molecule has 18 heavy (non-hydrogen) atoms. The maximum Gasteiger partial charge on any atom is 0.233 e. The summed E-state index contributed by atoms with van der Waals surface area (Å²) in [5.74, 6) is 0.943. The van der Waals surface area contributed by atoms with Gasteiger partial charge in [-0.05, 0) is 13.0 Å². The second-order valence-corrected chi connectivity index (χ2v) is 5.04. The number of amides is 1. The molecule has 2 heterocycles. The monoisotopic (exact) mass is 246 g/mol. The van der Waals surface area contributed by atoms with Gasteiger partial charge in [0.05, 0.1) is 0 Å². The molecule has 1 saturated heterocycles. The zero-order valence-corrected chi connectivity index (χ0v) is 10.6. The van der Waals surface area contributed by atoms with Gasteiger partial charge in [0.25, 0.3) is 0 Å². The van der Waals surface area contributed by atoms with Gasteiger partial charge in [0, 0.05) is 31.2 Å². The fourth-order valence-corrected chi connectivity index (χ4v) is 2.72. The quantitative estimate of drug-likeness (QED) is 0.803. The van der Waals surface area contributed by atoms with E-state index in [9.17, 15) is 4.79 Å². The van der Waals surface area contributed by atoms with Crippen molar-refractivity contribution < 1.29 is 9.53 Å². The van der Waals surface area contributed by atoms with Crippen molar-refractivity contribution in [2.75, 3.05) is 26.2 Å². The van der Waals surface area contributed by atoms with Crippen LogP contribution in [0, 0.1) is 0 Å². The van der Waals surface area contributed by atoms with Crippen LogP contribution in [0.1, 0.15) is 18.4 Å². The van der Waals surface area contributed by atoms with Crippen LogP contribution in [0.15, 0.2) is 24.3 Å². The number of hydrogen-bond acceptors (Lipinski definition) is 3. The number of carbonyl (C=O) groups is 1. The third-order valence-corrected chi connectivity index (χ3v) is 3.68. The van der Waals surface area contributed by atoms with Crippen LogP contribution in [0.2, 0.25) is 0 Å². The average Bonchev–Trinajstić information content (AvgIpc) is 2.82. The van der Waals surface area contributed by atoms with E-state index in [0.29, 0.717) is 12.6 Å². The van der Waals surface area contributed by atoms with Gasteiger partial charge in [-0.2, -0.15) is 0 Å². The molecule has 1 aromatic rings. The summed E-state index contributed by atoms with van der Waals surface area (Å²) in [6.07, 6.45) is 0. The first-order chi connectivity index (χ1) is 8.75. The third-order valence-electron chi connectivity index (χ3n) is 3.68. The largest absolute Gasteiger partial charge is 0.492 e. The average molecular weight is 246 g/mol. The van der Waals surface area contributed by atoms with Gasteiger partial charge in [0.15, 0.2) is 0 Å². The fourth-order valence-electron chi connectivity index (χ4n) is 2.72. The van der Waals surface area contributed by atoms with Gasteiger partial charge in [-0.1, -0.05) is 18.2 Å². The van der Waals surface area contributed by atoms with Crippen molar-refractivity contribution in [3.05, 3.63) is 29.8 Å². The topological polar surface area (TPSA) is 41.6 Å². The van der Waals surface area contributed by atoms with E-state index >= 15 is 0 Å². The molecule has 1 aromatic carbocycles. The van der Waals surface area contributed by atoms with Crippen LogP contribution in [-0.4, -0.2) is 43.1 Å². The summed E-state index contributed by atoms with van der Waals surface area (Å²) >= 11 is 0. The molecule has 0 aromatic heterocycles. The van der Waals surface area contributed by atoms with E-state index < -0.39 is 0 Å². The highest BCUT2D eigenvalue weighted by atomic mass is 16.5. The first-order valence-electron chi connectivity index (χ1n) is 6.49. The van der Waals surface area contributed by atoms with E-state index in [1.54, 1.807) is 0 Å². The molecule has 1 fully saturated rings. The Kier molecular flexibility index (Phi) is 2.96. The van der Waals surface area contributed by atoms with E-state index in [1.165, 1.54) is 0 Å². The standard InChI is InChI=1S/C14H18N2O2/c1-10-8-16(7-6-15-10)14(17)12-9-18-13-5-3-2-4-11(12)13/h2-5,10,12,15H,6-9H2,1H3/t10-,12?/m1/s1. The molecule has 4 nitrogen and oxygen atoms in total. The number of nitrogens with zero attached hydrogens (tertiary/aromatic N) is 1. The van der Waals surface area contributed by atoms with Gasteiger partial charge < -0.3 is 15.0 Å². The van der Waals surface area contributed by atoms with Gasteiger partial charge in [0.2, 0.25) is 5.91 Å². The molecule has 0 radical (unpaired) electrons. The van der Waals surface area contributed by atoms with Gasteiger partial charge in [0.1, 0.15) is 18.3 Å². The molecular weight excluding hydrogens is 228 g/mol. The van der Waals surface area contributed by atoms with Crippen molar-refractivity contribution >= 4 is 5.91 Å². The van der Waals surface area contributed by atoms with E-state index in [1.807, 2.05) is 29.2 Å². The lowest BCUT2D eigenvalue weighted by atomic mass is 9.99. The van der Waals surface area contributed by atoms with Crippen LogP contribution in [0.25, 0.3) is 0 Å². The molecule has 2 aliphatic heterocycles. The third kappa shape index (κ3) is 1.97. The summed E-state index contributed by atoms with van der Waals surface area (Å²) < 4.78 is 5.59. The molecule has 96 valence electrons. The number of para-hydroxylation sites is 1. The molecule has 0 spiro atoms. The summed E-state index contributed by atoms with van der Waals surface area (Å²) in [5.41, 5.74) is 1.04. The summed E-state index contributed by atoms with van der Waals surface area (Å²) in [6.45, 7) is 5.05. The van der Waals surface area contributed by atoms with Crippen molar-refractivity contribution in [2.24, 2.45) is 0 Å². The van der Waals surface area contributed by atoms with Crippen molar-refractivity contribution in [3.63, 3.8) is 0 Å². The second kappa shape index (κ2) is 4.61. The van der Waals surface area contributed by atoms with Gasteiger partial charge in [-0.25, -0.2) is 0 Å². The number of carbonyl (C=O) groups excluding carboxylic acids is 1. The summed E-state index contributed by atoms with van der Waals surface area (Å²) in [5, 5.41) is 3.35. The molecule has 0 saturated carbocycles. The number of fused-ring (bicyclic) bond motifs is 1. The minimum atomic E-state index is -0.119. The number of nitrogens with one attached hydrogen (secondary N) is 1. The van der Waals surface area contributed by atoms with E-state index in [4.69, 9.17) is 4.74 Å². The first-order valence-corrected chi connectivity index (χ1v) is 6.49. The van der Waals surface area contributed by atoms with Crippen molar-refractivity contribution in [3.8, 4) is 5.75 Å². The minimum absolute atomic E-state index is 0.119. The predicted octanol–water partition coefficient (Wildman–Crippen LogP) is 0.983. The second-order valence-electron chi connectivity index (χ2n) is 5.04. The lowest BCUT2D eigenvalue weighted by molar-refractivity contribution is -0.134. The molecule has 2 atom stereocenters. The highest BCUT2D eigenvalue weighted by Gasteiger charge is 2.34. The SMILES string of the molecule is C[C@@H]1CN(C(=O)C2COc3ccccc32)CCN1. The van der Waals surface area contributed by atoms with Gasteiger partial charge in [-0.3, -0.25) is 4.79 Å². The van der Waals surface area contributed by atoms with E-state index in [-0.39, 0.29) is 11.8 Å². The molecule has 0 aliphatic carbocycles. The number of rotatable bonds is 1. The van der Waals surface area contributed by atoms with Crippen LogP contribution < -0.4 is 10.1 Å². The van der Waals surface area contributed by atoms with Crippen molar-refractivity contribution in [1.82, 2.24) is 10.2 Å². The van der Waals surface area contributed by atoms with Crippen LogP contribution in [-0.2, 0) is 4.79 Å². The summed E-state index contributed by atoms with van der Waals surface area (Å²) in [6, 6.07) is 8.21. The zero-order chi connectivity index (χ0) is 12.5. The smallest absolute Gasteiger partial charge is 0.233 e. The molecule has 0 bridgehead atoms. The maximum absolute atomic E-state index is 12.5. The lowest BCUT2D eigenvalue weighted by Gasteiger charge is -2.33. The number of benzene rings is 1.